The van der Waals surface area contributed by atoms with Gasteiger partial charge < -0.3 is 0 Å². The summed E-state index contributed by atoms with van der Waals surface area (Å²) in [6.07, 6.45) is 8.44. The van der Waals surface area contributed by atoms with Crippen molar-refractivity contribution in [2.45, 2.75) is 85.4 Å². The van der Waals surface area contributed by atoms with Crippen LogP contribution >= 0.6 is 0 Å². The van der Waals surface area contributed by atoms with Gasteiger partial charge in [0.1, 0.15) is 0 Å². The second-order valence-corrected chi connectivity index (χ2v) is 16.3. The van der Waals surface area contributed by atoms with Gasteiger partial charge in [0.2, 0.25) is 0 Å². The van der Waals surface area contributed by atoms with Crippen molar-refractivity contribution < 1.29 is 24.6 Å². The summed E-state index contributed by atoms with van der Waals surface area (Å²) in [7, 11) is 0. The summed E-state index contributed by atoms with van der Waals surface area (Å²) in [5, 5.41) is 0. The molecule has 0 saturated heterocycles. The molecule has 3 unspecified atom stereocenters. The average Bonchev–Trinajstić information content (AvgIpc) is 3.03. The average molecular weight is 465 g/mol. The van der Waals surface area contributed by atoms with Crippen LogP contribution in [0.5, 0.6) is 0 Å². The molecular formula is C17H36FGeN3Zr. The van der Waals surface area contributed by atoms with Crippen molar-refractivity contribution in [2.75, 3.05) is 0 Å². The molecule has 3 N–H and O–H groups in total. The Morgan fingerprint density at radius 3 is 1.78 bits per heavy atom. The third-order valence-corrected chi connectivity index (χ3v) is 19.0. The van der Waals surface area contributed by atoms with Crippen LogP contribution in [0.2, 0.25) is 0 Å². The number of halogens is 1. The first-order valence-electron chi connectivity index (χ1n) is 9.20. The van der Waals surface area contributed by atoms with Crippen LogP contribution in [-0.4, -0.2) is 34.0 Å². The molecule has 0 aliphatic heterocycles. The molecule has 3 nitrogen and oxygen atoms in total. The fourth-order valence-electron chi connectivity index (χ4n) is 2.87. The van der Waals surface area contributed by atoms with Crippen LogP contribution in [0.1, 0.15) is 67.2 Å². The number of hydrogen-bond donors (Lipinski definition) is 3. The van der Waals surface area contributed by atoms with E-state index in [0.29, 0.717) is 18.1 Å². The van der Waals surface area contributed by atoms with Crippen molar-refractivity contribution in [1.82, 2.24) is 9.78 Å². The molecule has 23 heavy (non-hydrogen) atoms. The van der Waals surface area contributed by atoms with Crippen LogP contribution in [0.4, 0.5) is 3.50 Å². The van der Waals surface area contributed by atoms with E-state index in [-0.39, 0.29) is 0 Å². The summed E-state index contributed by atoms with van der Waals surface area (Å²) in [6.45, 7) is 13.4. The topological polar surface area (TPSA) is 36.1 Å². The van der Waals surface area contributed by atoms with Crippen molar-refractivity contribution in [1.29, 1.82) is 0 Å². The van der Waals surface area contributed by atoms with Gasteiger partial charge in [0.05, 0.1) is 0 Å². The van der Waals surface area contributed by atoms with Gasteiger partial charge in [-0.05, 0) is 0 Å². The quantitative estimate of drug-likeness (QED) is 0.410. The Kier molecular flexibility index (Phi) is 10.1. The Balaban J connectivity index is 3.26. The molecule has 0 heterocycles. The number of nitrogens with one attached hydrogen (secondary N) is 3. The molecule has 1 aliphatic rings. The van der Waals surface area contributed by atoms with Crippen molar-refractivity contribution in [2.24, 2.45) is 0 Å². The standard InChI is InChI=1S/C5H6FGe.3C4H10N.Zr/c6-7-5-3-1-2-4-5;3*1-3-4(2)5;/h1,3H,2,7H2;3*4-5H,3H2,1-2H3;/q;3*-1;+3. The summed E-state index contributed by atoms with van der Waals surface area (Å²) < 4.78 is 28.1. The molecule has 0 spiro atoms. The van der Waals surface area contributed by atoms with E-state index in [1.165, 1.54) is 3.28 Å². The normalized spacial score (nSPS) is 21.9. The van der Waals surface area contributed by atoms with Gasteiger partial charge in [-0.1, -0.05) is 0 Å². The van der Waals surface area contributed by atoms with Crippen LogP contribution in [0, 0.1) is 0 Å². The van der Waals surface area contributed by atoms with E-state index in [9.17, 15) is 3.50 Å². The Hall–Kier alpha value is 0.716. The molecule has 0 bridgehead atoms. The predicted octanol–water partition coefficient (Wildman–Crippen LogP) is 3.27. The maximum atomic E-state index is 13.8. The summed E-state index contributed by atoms with van der Waals surface area (Å²) >= 11 is -5.33. The summed E-state index contributed by atoms with van der Waals surface area (Å²) in [5.41, 5.74) is 0. The van der Waals surface area contributed by atoms with Crippen LogP contribution in [0.15, 0.2) is 19.8 Å². The fraction of sp³-hybridized carbons (Fsp3) is 0.765. The minimum atomic E-state index is -3.26. The van der Waals surface area contributed by atoms with Crippen LogP contribution in [0.3, 0.4) is 0 Å². The summed E-state index contributed by atoms with van der Waals surface area (Å²) in [4.78, 5) is 0. The van der Waals surface area contributed by atoms with Gasteiger partial charge in [-0.2, -0.15) is 0 Å². The Labute approximate surface area is 154 Å². The van der Waals surface area contributed by atoms with Gasteiger partial charge in [-0.3, -0.25) is 0 Å². The van der Waals surface area contributed by atoms with Gasteiger partial charge in [0, 0.05) is 0 Å². The van der Waals surface area contributed by atoms with Gasteiger partial charge in [-0.25, -0.2) is 0 Å². The second-order valence-electron chi connectivity index (χ2n) is 6.85. The van der Waals surface area contributed by atoms with Gasteiger partial charge in [0.25, 0.3) is 0 Å². The van der Waals surface area contributed by atoms with Gasteiger partial charge in [0.15, 0.2) is 0 Å². The Morgan fingerprint density at radius 2 is 1.43 bits per heavy atom. The predicted molar refractivity (Wildman–Crippen MR) is 99.1 cm³/mol. The molecule has 0 aromatic carbocycles. The first-order chi connectivity index (χ1) is 10.9. The third kappa shape index (κ3) is 6.18. The summed E-state index contributed by atoms with van der Waals surface area (Å²) in [6, 6.07) is 1.33. The summed E-state index contributed by atoms with van der Waals surface area (Å²) in [5.74, 6) is 0. The van der Waals surface area contributed by atoms with Gasteiger partial charge >= 0.3 is 156 Å². The number of rotatable bonds is 11. The monoisotopic (exact) mass is 465 g/mol. The number of allylic oxidation sites excluding steroid dienone is 4. The van der Waals surface area contributed by atoms with Crippen LogP contribution < -0.4 is 9.78 Å². The van der Waals surface area contributed by atoms with Crippen molar-refractivity contribution in [3.63, 3.8) is 0 Å². The SMILES string of the molecule is CCC(C)[NH][Zr]([NH]C(C)CC)([NH]C(C)CC)[C]1=[C]([GeH2][F])C=CC1. The third-order valence-electron chi connectivity index (χ3n) is 4.85. The van der Waals surface area contributed by atoms with Gasteiger partial charge in [-0.15, -0.1) is 0 Å². The van der Waals surface area contributed by atoms with E-state index in [4.69, 9.17) is 0 Å². The minimum absolute atomic E-state index is 0.445. The van der Waals surface area contributed by atoms with E-state index in [1.807, 2.05) is 0 Å². The van der Waals surface area contributed by atoms with E-state index in [0.717, 1.165) is 30.1 Å². The Morgan fingerprint density at radius 1 is 1.00 bits per heavy atom. The van der Waals surface area contributed by atoms with E-state index < -0.39 is 37.0 Å². The first-order valence-corrected chi connectivity index (χ1v) is 16.7. The zero-order valence-electron chi connectivity index (χ0n) is 15.8. The zero-order valence-corrected chi connectivity index (χ0v) is 21.2. The molecule has 3 atom stereocenters. The van der Waals surface area contributed by atoms with Crippen molar-refractivity contribution in [3.8, 4) is 0 Å². The molecule has 134 valence electrons. The molecule has 0 radical (unpaired) electrons. The molecule has 1 rings (SSSR count). The second kappa shape index (κ2) is 10.6. The molecule has 6 heteroatoms. The molecule has 1 aliphatic carbocycles. The first kappa shape index (κ1) is 21.8. The molecule has 0 saturated carbocycles. The maximum absolute atomic E-state index is 13.8. The van der Waals surface area contributed by atoms with E-state index in [1.54, 1.807) is 0 Å². The molecule has 0 aromatic rings. The van der Waals surface area contributed by atoms with Crippen LogP contribution in [-0.2, 0) is 21.1 Å². The fourth-order valence-corrected chi connectivity index (χ4v) is 19.5. The number of hydrogen-bond acceptors (Lipinski definition) is 3. The van der Waals surface area contributed by atoms with Crippen molar-refractivity contribution in [3.05, 3.63) is 19.8 Å². The molecule has 0 fully saturated rings. The molecule has 0 aromatic heterocycles. The molecule has 0 amide bonds. The van der Waals surface area contributed by atoms with E-state index in [2.05, 4.69) is 63.5 Å². The van der Waals surface area contributed by atoms with Crippen LogP contribution in [0.25, 0.3) is 0 Å². The Bertz CT molecular complexity index is 397. The van der Waals surface area contributed by atoms with E-state index >= 15 is 0 Å². The molecular weight excluding hydrogens is 429 g/mol. The van der Waals surface area contributed by atoms with Crippen molar-refractivity contribution >= 4 is 15.9 Å². The zero-order chi connectivity index (χ0) is 17.5.